The number of likely N-dealkylation sites (N-methyl/N-ethyl adjacent to an activating group) is 1. The average molecular weight is 726 g/mol. The smallest absolute Gasteiger partial charge is 0.319 e. The van der Waals surface area contributed by atoms with Crippen molar-refractivity contribution in [1.82, 2.24) is 9.55 Å². The molecule has 10 heteroatoms. The van der Waals surface area contributed by atoms with Gasteiger partial charge in [0, 0.05) is 23.4 Å². The maximum Gasteiger partial charge on any atom is 0.319 e. The van der Waals surface area contributed by atoms with Crippen molar-refractivity contribution in [2.45, 2.75) is 43.9 Å². The molecule has 6 aromatic rings. The summed E-state index contributed by atoms with van der Waals surface area (Å²) in [4.78, 5) is 20.4. The van der Waals surface area contributed by atoms with Crippen molar-refractivity contribution in [2.75, 3.05) is 29.1 Å². The molecular weight excluding hydrogens is 686 g/mol. The number of fused-ring (bicyclic) bond motifs is 2. The lowest BCUT2D eigenvalue weighted by molar-refractivity contribution is -0.115. The fourth-order valence-electron chi connectivity index (χ4n) is 7.24. The van der Waals surface area contributed by atoms with Crippen LogP contribution in [-0.2, 0) is 4.79 Å². The molecule has 0 bridgehead atoms. The highest BCUT2D eigenvalue weighted by Crippen LogP contribution is 2.42. The first-order valence-electron chi connectivity index (χ1n) is 17.4. The van der Waals surface area contributed by atoms with Gasteiger partial charge in [0.15, 0.2) is 5.16 Å². The lowest BCUT2D eigenvalue weighted by atomic mass is 10.1. The Bertz CT molecular complexity index is 2240. The SMILES string of the molecule is CCN(CC(=O)Nc1cccc2ccc(O[Si](c3ccccc3)(c3ccccc3)C(C)(C)C)cc12)c1cnc2n1C(c1ccc(C#N)c(F)c1)CS2. The van der Waals surface area contributed by atoms with E-state index >= 15 is 0 Å². The molecule has 262 valence electrons. The fourth-order valence-corrected chi connectivity index (χ4v) is 12.8. The fraction of sp³-hybridized carbons (Fsp3) is 0.214. The third-order valence-electron chi connectivity index (χ3n) is 9.78. The predicted octanol–water partition coefficient (Wildman–Crippen LogP) is 8.15. The number of carbonyl (C=O) groups excluding carboxylic acids is 1. The van der Waals surface area contributed by atoms with E-state index in [0.717, 1.165) is 33.1 Å². The predicted molar refractivity (Wildman–Crippen MR) is 211 cm³/mol. The number of hydrogen-bond acceptors (Lipinski definition) is 6. The average Bonchev–Trinajstić information content (AvgIpc) is 3.76. The van der Waals surface area contributed by atoms with Crippen LogP contribution in [0.5, 0.6) is 5.75 Å². The molecule has 1 N–H and O–H groups in total. The van der Waals surface area contributed by atoms with E-state index in [2.05, 4.69) is 90.2 Å². The summed E-state index contributed by atoms with van der Waals surface area (Å²) in [5, 5.41) is 17.3. The van der Waals surface area contributed by atoms with E-state index in [1.807, 2.05) is 60.4 Å². The molecule has 0 saturated heterocycles. The Morgan fingerprint density at radius 1 is 1.00 bits per heavy atom. The number of halogens is 1. The second-order valence-electron chi connectivity index (χ2n) is 14.0. The lowest BCUT2D eigenvalue weighted by Crippen LogP contribution is -2.68. The van der Waals surface area contributed by atoms with Crippen LogP contribution in [0.2, 0.25) is 5.04 Å². The Morgan fingerprint density at radius 2 is 1.71 bits per heavy atom. The van der Waals surface area contributed by atoms with Crippen molar-refractivity contribution in [3.05, 3.63) is 138 Å². The Balaban J connectivity index is 1.18. The summed E-state index contributed by atoms with van der Waals surface area (Å²) >= 11 is 1.59. The Labute approximate surface area is 309 Å². The number of benzene rings is 5. The molecule has 7 nitrogen and oxygen atoms in total. The molecule has 1 amide bonds. The molecule has 0 radical (unpaired) electrons. The highest BCUT2D eigenvalue weighted by Gasteiger charge is 2.52. The molecule has 0 aliphatic carbocycles. The first-order valence-corrected chi connectivity index (χ1v) is 20.3. The molecular formula is C42H40FN5O2SSi. The van der Waals surface area contributed by atoms with E-state index in [9.17, 15) is 14.4 Å². The topological polar surface area (TPSA) is 83.2 Å². The maximum absolute atomic E-state index is 14.6. The molecule has 0 fully saturated rings. The van der Waals surface area contributed by atoms with Gasteiger partial charge in [0.05, 0.1) is 24.3 Å². The molecule has 7 rings (SSSR count). The van der Waals surface area contributed by atoms with Crippen LogP contribution < -0.4 is 25.0 Å². The van der Waals surface area contributed by atoms with Crippen molar-refractivity contribution in [3.63, 3.8) is 0 Å². The molecule has 0 spiro atoms. The van der Waals surface area contributed by atoms with Crippen molar-refractivity contribution in [3.8, 4) is 11.8 Å². The number of imidazole rings is 1. The van der Waals surface area contributed by atoms with E-state index in [-0.39, 0.29) is 29.1 Å². The second-order valence-corrected chi connectivity index (χ2v) is 19.2. The van der Waals surface area contributed by atoms with E-state index in [0.29, 0.717) is 18.0 Å². The molecule has 2 heterocycles. The zero-order valence-corrected chi connectivity index (χ0v) is 31.5. The number of nitrogens with zero attached hydrogens (tertiary/aromatic N) is 4. The second kappa shape index (κ2) is 14.3. The van der Waals surface area contributed by atoms with Gasteiger partial charge in [-0.05, 0) is 63.6 Å². The number of nitriles is 1. The normalized spacial score (nSPS) is 14.1. The van der Waals surface area contributed by atoms with Crippen LogP contribution in [0.25, 0.3) is 10.8 Å². The maximum atomic E-state index is 14.6. The van der Waals surface area contributed by atoms with Gasteiger partial charge in [-0.25, -0.2) is 9.37 Å². The van der Waals surface area contributed by atoms with Crippen LogP contribution in [-0.4, -0.2) is 42.6 Å². The van der Waals surface area contributed by atoms with Crippen molar-refractivity contribution >= 4 is 58.6 Å². The summed E-state index contributed by atoms with van der Waals surface area (Å²) in [6.45, 7) is 9.41. The zero-order valence-electron chi connectivity index (χ0n) is 29.6. The molecule has 0 saturated carbocycles. The molecule has 1 unspecified atom stereocenters. The number of rotatable bonds is 10. The van der Waals surface area contributed by atoms with Gasteiger partial charge < -0.3 is 14.6 Å². The van der Waals surface area contributed by atoms with Crippen LogP contribution >= 0.6 is 11.8 Å². The first kappa shape index (κ1) is 35.0. The monoisotopic (exact) mass is 725 g/mol. The Hall–Kier alpha value is -5.37. The molecule has 1 atom stereocenters. The number of thioether (sulfide) groups is 1. The molecule has 52 heavy (non-hydrogen) atoms. The number of amides is 1. The summed E-state index contributed by atoms with van der Waals surface area (Å²) in [7, 11) is -2.87. The van der Waals surface area contributed by atoms with Crippen LogP contribution in [0, 0.1) is 17.1 Å². The van der Waals surface area contributed by atoms with Crippen LogP contribution in [0.1, 0.15) is 44.9 Å². The lowest BCUT2D eigenvalue weighted by Gasteiger charge is -2.43. The van der Waals surface area contributed by atoms with E-state index in [4.69, 9.17) is 4.43 Å². The highest BCUT2D eigenvalue weighted by atomic mass is 32.2. The van der Waals surface area contributed by atoms with E-state index in [1.165, 1.54) is 22.5 Å². The van der Waals surface area contributed by atoms with Crippen molar-refractivity contribution in [1.29, 1.82) is 5.26 Å². The van der Waals surface area contributed by atoms with Gasteiger partial charge in [0.25, 0.3) is 0 Å². The van der Waals surface area contributed by atoms with E-state index in [1.54, 1.807) is 24.0 Å². The van der Waals surface area contributed by atoms with Crippen LogP contribution in [0.4, 0.5) is 15.9 Å². The van der Waals surface area contributed by atoms with Gasteiger partial charge in [-0.3, -0.25) is 9.36 Å². The number of carbonyl (C=O) groups is 1. The van der Waals surface area contributed by atoms with Gasteiger partial charge in [-0.1, -0.05) is 117 Å². The number of anilines is 2. The third kappa shape index (κ3) is 6.46. The minimum absolute atomic E-state index is 0.0162. The first-order chi connectivity index (χ1) is 25.1. The minimum atomic E-state index is -2.87. The number of nitrogens with one attached hydrogen (secondary N) is 1. The third-order valence-corrected chi connectivity index (χ3v) is 15.8. The quantitative estimate of drug-likeness (QED) is 0.144. The van der Waals surface area contributed by atoms with Gasteiger partial charge in [0.2, 0.25) is 5.91 Å². The summed E-state index contributed by atoms with van der Waals surface area (Å²) in [5.41, 5.74) is 1.48. The Kier molecular flexibility index (Phi) is 9.66. The standard InChI is InChI=1S/C42H40FN5O2SSi/c1-5-47(40-26-45-41-48(40)38(28-51-41)30-19-20-31(25-44)36(43)23-30)27-39(49)46-37-18-12-13-29-21-22-32(24-35(29)37)50-52(42(2,3)4,33-14-8-6-9-15-33)34-16-10-7-11-17-34/h6-24,26,38H,5,27-28H2,1-4H3,(H,46,49). The van der Waals surface area contributed by atoms with Crippen LogP contribution in [0.15, 0.2) is 127 Å². The molecule has 1 aliphatic heterocycles. The largest absolute Gasteiger partial charge is 0.534 e. The van der Waals surface area contributed by atoms with Gasteiger partial charge in [-0.2, -0.15) is 5.26 Å². The summed E-state index contributed by atoms with van der Waals surface area (Å²) in [5.74, 6) is 1.50. The molecule has 1 aliphatic rings. The molecule has 5 aromatic carbocycles. The van der Waals surface area contributed by atoms with Gasteiger partial charge >= 0.3 is 8.32 Å². The number of hydrogen-bond donors (Lipinski definition) is 1. The Morgan fingerprint density at radius 3 is 2.35 bits per heavy atom. The van der Waals surface area contributed by atoms with Crippen LogP contribution in [0.3, 0.4) is 0 Å². The van der Waals surface area contributed by atoms with Crippen molar-refractivity contribution < 1.29 is 13.6 Å². The summed E-state index contributed by atoms with van der Waals surface area (Å²) in [6.07, 6.45) is 1.78. The van der Waals surface area contributed by atoms with E-state index < -0.39 is 14.1 Å². The minimum Gasteiger partial charge on any atom is -0.534 e. The zero-order chi connectivity index (χ0) is 36.5. The van der Waals surface area contributed by atoms with Crippen molar-refractivity contribution in [2.24, 2.45) is 0 Å². The summed E-state index contributed by atoms with van der Waals surface area (Å²) in [6, 6.07) is 39.6. The molecule has 1 aromatic heterocycles. The number of aromatic nitrogens is 2. The van der Waals surface area contributed by atoms with Gasteiger partial charge in [0.1, 0.15) is 23.5 Å². The summed E-state index contributed by atoms with van der Waals surface area (Å²) < 4.78 is 24.0. The highest BCUT2D eigenvalue weighted by molar-refractivity contribution is 7.99. The van der Waals surface area contributed by atoms with Gasteiger partial charge in [-0.15, -0.1) is 0 Å².